The number of aliphatic imine (C=N–C) groups is 1. The summed E-state index contributed by atoms with van der Waals surface area (Å²) in [6, 6.07) is 21.8. The molecule has 0 fully saturated rings. The smallest absolute Gasteiger partial charge is 0.347 e. The molecule has 4 rings (SSSR count). The zero-order valence-electron chi connectivity index (χ0n) is 15.6. The summed E-state index contributed by atoms with van der Waals surface area (Å²) >= 11 is 5.92. The van der Waals surface area contributed by atoms with Crippen LogP contribution in [0.5, 0.6) is 5.75 Å². The molecule has 0 aliphatic heterocycles. The molecule has 29 heavy (non-hydrogen) atoms. The molecule has 0 amide bonds. The first-order valence-electron chi connectivity index (χ1n) is 8.90. The monoisotopic (exact) mass is 404 g/mol. The zero-order valence-corrected chi connectivity index (χ0v) is 16.3. The standard InChI is InChI=1S/C23H17ClN2O3/c1-28-18-12-10-17(11-13-18)26-22-19-4-2-3-5-21(19)29-23(27)20(22)14-25-16-8-6-15(24)7-9-16/h2-14,26H,1H3/b25-14+. The van der Waals surface area contributed by atoms with E-state index in [0.29, 0.717) is 27.5 Å². The lowest BCUT2D eigenvalue weighted by Crippen LogP contribution is -2.11. The van der Waals surface area contributed by atoms with Crippen LogP contribution in [-0.2, 0) is 0 Å². The van der Waals surface area contributed by atoms with Gasteiger partial charge in [-0.05, 0) is 60.7 Å². The molecule has 0 aliphatic carbocycles. The van der Waals surface area contributed by atoms with Crippen molar-refractivity contribution in [2.45, 2.75) is 0 Å². The van der Waals surface area contributed by atoms with E-state index >= 15 is 0 Å². The second-order valence-electron chi connectivity index (χ2n) is 6.26. The fourth-order valence-corrected chi connectivity index (χ4v) is 3.03. The Labute approximate surface area is 172 Å². The highest BCUT2D eigenvalue weighted by molar-refractivity contribution is 6.30. The number of nitrogens with zero attached hydrogens (tertiary/aromatic N) is 1. The minimum atomic E-state index is -0.475. The van der Waals surface area contributed by atoms with E-state index in [1.165, 1.54) is 6.21 Å². The van der Waals surface area contributed by atoms with Crippen molar-refractivity contribution in [2.75, 3.05) is 12.4 Å². The van der Waals surface area contributed by atoms with Crippen LogP contribution in [0.4, 0.5) is 17.1 Å². The number of fused-ring (bicyclic) bond motifs is 1. The van der Waals surface area contributed by atoms with Crippen molar-refractivity contribution in [1.82, 2.24) is 0 Å². The third-order valence-electron chi connectivity index (χ3n) is 4.38. The summed E-state index contributed by atoms with van der Waals surface area (Å²) in [7, 11) is 1.61. The zero-order chi connectivity index (χ0) is 20.2. The maximum Gasteiger partial charge on any atom is 0.347 e. The molecule has 0 bridgehead atoms. The summed E-state index contributed by atoms with van der Waals surface area (Å²) in [5.74, 6) is 0.748. The topological polar surface area (TPSA) is 63.8 Å². The van der Waals surface area contributed by atoms with Crippen LogP contribution in [0.1, 0.15) is 5.56 Å². The fourth-order valence-electron chi connectivity index (χ4n) is 2.90. The lowest BCUT2D eigenvalue weighted by Gasteiger charge is -2.12. The van der Waals surface area contributed by atoms with Crippen molar-refractivity contribution >= 4 is 45.8 Å². The third-order valence-corrected chi connectivity index (χ3v) is 4.63. The minimum absolute atomic E-state index is 0.328. The van der Waals surface area contributed by atoms with Crippen LogP contribution in [0.15, 0.2) is 87.0 Å². The van der Waals surface area contributed by atoms with Crippen LogP contribution in [0.25, 0.3) is 11.0 Å². The maximum absolute atomic E-state index is 12.7. The Balaban J connectivity index is 1.81. The number of anilines is 2. The van der Waals surface area contributed by atoms with Gasteiger partial charge in [0.25, 0.3) is 0 Å². The van der Waals surface area contributed by atoms with E-state index in [9.17, 15) is 4.79 Å². The second-order valence-corrected chi connectivity index (χ2v) is 6.70. The van der Waals surface area contributed by atoms with Gasteiger partial charge in [0.05, 0.1) is 18.5 Å². The normalized spacial score (nSPS) is 11.1. The molecule has 0 saturated heterocycles. The largest absolute Gasteiger partial charge is 0.497 e. The van der Waals surface area contributed by atoms with Crippen LogP contribution >= 0.6 is 11.6 Å². The van der Waals surface area contributed by atoms with Crippen molar-refractivity contribution in [3.63, 3.8) is 0 Å². The average molecular weight is 405 g/mol. The molecule has 0 radical (unpaired) electrons. The molecule has 1 aromatic heterocycles. The molecular weight excluding hydrogens is 388 g/mol. The lowest BCUT2D eigenvalue weighted by atomic mass is 10.1. The first kappa shape index (κ1) is 18.8. The molecule has 6 heteroatoms. The molecule has 5 nitrogen and oxygen atoms in total. The van der Waals surface area contributed by atoms with Gasteiger partial charge in [-0.3, -0.25) is 4.99 Å². The van der Waals surface area contributed by atoms with Gasteiger partial charge in [0.15, 0.2) is 0 Å². The van der Waals surface area contributed by atoms with E-state index in [2.05, 4.69) is 10.3 Å². The number of halogens is 1. The summed E-state index contributed by atoms with van der Waals surface area (Å²) in [6.45, 7) is 0. The van der Waals surface area contributed by atoms with Crippen LogP contribution in [0, 0.1) is 0 Å². The van der Waals surface area contributed by atoms with Crippen molar-refractivity contribution in [3.8, 4) is 5.75 Å². The number of hydrogen-bond acceptors (Lipinski definition) is 5. The predicted octanol–water partition coefficient (Wildman–Crippen LogP) is 5.95. The Kier molecular flexibility index (Phi) is 5.31. The molecular formula is C23H17ClN2O3. The maximum atomic E-state index is 12.7. The highest BCUT2D eigenvalue weighted by atomic mass is 35.5. The summed E-state index contributed by atoms with van der Waals surface area (Å²) in [6.07, 6.45) is 1.51. The number of ether oxygens (including phenoxy) is 1. The molecule has 0 aliphatic rings. The van der Waals surface area contributed by atoms with Crippen molar-refractivity contribution < 1.29 is 9.15 Å². The molecule has 1 N–H and O–H groups in total. The average Bonchev–Trinajstić information content (AvgIpc) is 2.75. The van der Waals surface area contributed by atoms with Gasteiger partial charge in [-0.2, -0.15) is 0 Å². The molecule has 0 unspecified atom stereocenters. The molecule has 3 aromatic carbocycles. The predicted molar refractivity (Wildman–Crippen MR) is 117 cm³/mol. The quantitative estimate of drug-likeness (QED) is 0.330. The Morgan fingerprint density at radius 1 is 1.00 bits per heavy atom. The van der Waals surface area contributed by atoms with E-state index in [1.807, 2.05) is 42.5 Å². The van der Waals surface area contributed by atoms with Crippen molar-refractivity contribution in [3.05, 3.63) is 93.8 Å². The Morgan fingerprint density at radius 3 is 2.45 bits per heavy atom. The molecule has 144 valence electrons. The molecule has 4 aromatic rings. The van der Waals surface area contributed by atoms with E-state index in [-0.39, 0.29) is 0 Å². The van der Waals surface area contributed by atoms with Gasteiger partial charge in [0.2, 0.25) is 0 Å². The van der Waals surface area contributed by atoms with Gasteiger partial charge in [-0.25, -0.2) is 4.79 Å². The first-order valence-corrected chi connectivity index (χ1v) is 9.28. The molecule has 1 heterocycles. The molecule has 0 spiro atoms. The van der Waals surface area contributed by atoms with Gasteiger partial charge in [0, 0.05) is 22.3 Å². The highest BCUT2D eigenvalue weighted by Gasteiger charge is 2.13. The van der Waals surface area contributed by atoms with Gasteiger partial charge in [-0.1, -0.05) is 23.7 Å². The minimum Gasteiger partial charge on any atom is -0.497 e. The third kappa shape index (κ3) is 4.15. The van der Waals surface area contributed by atoms with Gasteiger partial charge < -0.3 is 14.5 Å². The second kappa shape index (κ2) is 8.20. The fraction of sp³-hybridized carbons (Fsp3) is 0.0435. The Morgan fingerprint density at radius 2 is 1.72 bits per heavy atom. The SMILES string of the molecule is COc1ccc(Nc2c(/C=N/c3ccc(Cl)cc3)c(=O)oc3ccccc23)cc1. The van der Waals surface area contributed by atoms with E-state index in [0.717, 1.165) is 16.8 Å². The summed E-state index contributed by atoms with van der Waals surface area (Å²) < 4.78 is 10.7. The number of benzene rings is 3. The van der Waals surface area contributed by atoms with E-state index < -0.39 is 5.63 Å². The van der Waals surface area contributed by atoms with Crippen LogP contribution in [-0.4, -0.2) is 13.3 Å². The Hall–Kier alpha value is -3.57. The number of para-hydroxylation sites is 1. The van der Waals surface area contributed by atoms with E-state index in [1.54, 1.807) is 37.4 Å². The van der Waals surface area contributed by atoms with Crippen LogP contribution in [0.3, 0.4) is 0 Å². The molecule has 0 atom stereocenters. The van der Waals surface area contributed by atoms with Gasteiger partial charge in [0.1, 0.15) is 16.9 Å². The lowest BCUT2D eigenvalue weighted by molar-refractivity contribution is 0.415. The van der Waals surface area contributed by atoms with Crippen molar-refractivity contribution in [2.24, 2.45) is 4.99 Å². The number of rotatable bonds is 5. The summed E-state index contributed by atoms with van der Waals surface area (Å²) in [5.41, 5.74) is 2.46. The van der Waals surface area contributed by atoms with Crippen LogP contribution < -0.4 is 15.7 Å². The van der Waals surface area contributed by atoms with Gasteiger partial charge >= 0.3 is 5.63 Å². The number of nitrogens with one attached hydrogen (secondary N) is 1. The van der Waals surface area contributed by atoms with E-state index in [4.69, 9.17) is 20.8 Å². The Bertz CT molecular complexity index is 1230. The number of hydrogen-bond donors (Lipinski definition) is 1. The first-order chi connectivity index (χ1) is 14.1. The summed E-state index contributed by atoms with van der Waals surface area (Å²) in [5, 5.41) is 4.72. The molecule has 0 saturated carbocycles. The number of methoxy groups -OCH3 is 1. The summed E-state index contributed by atoms with van der Waals surface area (Å²) in [4.78, 5) is 17.1. The highest BCUT2D eigenvalue weighted by Crippen LogP contribution is 2.29. The van der Waals surface area contributed by atoms with Crippen molar-refractivity contribution in [1.29, 1.82) is 0 Å². The van der Waals surface area contributed by atoms with Gasteiger partial charge in [-0.15, -0.1) is 0 Å². The van der Waals surface area contributed by atoms with Crippen LogP contribution in [0.2, 0.25) is 5.02 Å².